The number of allylic oxidation sites excluding steroid dienone is 14. The molecule has 0 bridgehead atoms. The van der Waals surface area contributed by atoms with Gasteiger partial charge in [-0.2, -0.15) is 0 Å². The van der Waals surface area contributed by atoms with Crippen LogP contribution in [0.5, 0.6) is 0 Å². The van der Waals surface area contributed by atoms with Crippen molar-refractivity contribution in [1.29, 1.82) is 0 Å². The molecule has 0 aromatic carbocycles. The summed E-state index contributed by atoms with van der Waals surface area (Å²) < 4.78 is 17.0. The Balaban J connectivity index is 4.29. The van der Waals surface area contributed by atoms with Gasteiger partial charge in [0, 0.05) is 19.4 Å². The third kappa shape index (κ3) is 35.9. The van der Waals surface area contributed by atoms with Crippen LogP contribution >= 0.6 is 0 Å². The summed E-state index contributed by atoms with van der Waals surface area (Å²) in [7, 11) is 0. The van der Waals surface area contributed by atoms with Crippen molar-refractivity contribution in [3.05, 3.63) is 85.1 Å². The summed E-state index contributed by atoms with van der Waals surface area (Å²) in [6.07, 6.45) is 49.0. The van der Waals surface area contributed by atoms with Gasteiger partial charge in [-0.15, -0.1) is 0 Å². The highest BCUT2D eigenvalue weighted by molar-refractivity contribution is 5.70. The molecule has 272 valence electrons. The predicted octanol–water partition coefficient (Wildman–Crippen LogP) is 12.2. The molecule has 0 N–H and O–H groups in total. The van der Waals surface area contributed by atoms with E-state index in [4.69, 9.17) is 14.2 Å². The Bertz CT molecular complexity index is 937. The molecule has 0 aliphatic heterocycles. The van der Waals surface area contributed by atoms with Crippen molar-refractivity contribution >= 4 is 11.9 Å². The lowest BCUT2D eigenvalue weighted by Gasteiger charge is -2.18. The van der Waals surface area contributed by atoms with E-state index in [1.54, 1.807) is 0 Å². The number of hydrogen-bond acceptors (Lipinski definition) is 5. The van der Waals surface area contributed by atoms with Crippen LogP contribution in [0.3, 0.4) is 0 Å². The third-order valence-electron chi connectivity index (χ3n) is 7.44. The summed E-state index contributed by atoms with van der Waals surface area (Å²) in [5, 5.41) is 0. The quantitative estimate of drug-likeness (QED) is 0.0396. The second-order valence-corrected chi connectivity index (χ2v) is 12.1. The minimum Gasteiger partial charge on any atom is -0.462 e. The van der Waals surface area contributed by atoms with Crippen LogP contribution in [0.2, 0.25) is 0 Å². The normalized spacial score (nSPS) is 13.1. The summed E-state index contributed by atoms with van der Waals surface area (Å²) in [6, 6.07) is 0. The van der Waals surface area contributed by atoms with Crippen LogP contribution in [0, 0.1) is 0 Å². The maximum Gasteiger partial charge on any atom is 0.306 e. The van der Waals surface area contributed by atoms with Gasteiger partial charge in [-0.25, -0.2) is 0 Å². The van der Waals surface area contributed by atoms with Crippen molar-refractivity contribution in [2.75, 3.05) is 19.8 Å². The molecule has 5 nitrogen and oxygen atoms in total. The van der Waals surface area contributed by atoms with Gasteiger partial charge in [0.1, 0.15) is 6.61 Å². The molecule has 1 atom stereocenters. The molecular weight excluding hydrogens is 596 g/mol. The molecule has 0 spiro atoms. The zero-order valence-corrected chi connectivity index (χ0v) is 31.0. The maximum absolute atomic E-state index is 12.5. The van der Waals surface area contributed by atoms with Crippen molar-refractivity contribution in [2.24, 2.45) is 0 Å². The fourth-order valence-corrected chi connectivity index (χ4v) is 4.65. The van der Waals surface area contributed by atoms with Crippen LogP contribution < -0.4 is 0 Å². The molecule has 0 saturated heterocycles. The van der Waals surface area contributed by atoms with E-state index >= 15 is 0 Å². The lowest BCUT2D eigenvalue weighted by atomic mass is 10.1. The highest BCUT2D eigenvalue weighted by atomic mass is 16.6. The van der Waals surface area contributed by atoms with E-state index in [9.17, 15) is 9.59 Å². The summed E-state index contributed by atoms with van der Waals surface area (Å²) in [6.45, 7) is 7.36. The first-order valence-corrected chi connectivity index (χ1v) is 19.1. The van der Waals surface area contributed by atoms with Crippen molar-refractivity contribution in [2.45, 2.75) is 155 Å². The van der Waals surface area contributed by atoms with Gasteiger partial charge >= 0.3 is 11.9 Å². The standard InChI is InChI=1S/C43H70O5/c1-4-7-10-13-15-17-19-21-23-25-27-29-32-35-38-46-39-41(48-43(45)37-34-30-12-9-6-3)40-47-42(44)36-33-31-28-26-24-22-20-18-16-14-11-8-5-2/h7-8,10-11,15-18,21-24,28,31,41H,4-6,9,12-14,19-20,25-27,29-30,32-40H2,1-3H3/b10-7-,11-8-,17-15-,18-16-,23-21-,24-22-,31-28-. The van der Waals surface area contributed by atoms with Crippen LogP contribution in [-0.4, -0.2) is 37.9 Å². The Morgan fingerprint density at radius 2 is 0.979 bits per heavy atom. The zero-order valence-electron chi connectivity index (χ0n) is 31.0. The third-order valence-corrected chi connectivity index (χ3v) is 7.44. The summed E-state index contributed by atoms with van der Waals surface area (Å²) in [5.74, 6) is -0.528. The fraction of sp³-hybridized carbons (Fsp3) is 0.628. The van der Waals surface area contributed by atoms with E-state index in [2.05, 4.69) is 99.8 Å². The topological polar surface area (TPSA) is 61.8 Å². The highest BCUT2D eigenvalue weighted by Crippen LogP contribution is 2.09. The molecule has 0 saturated carbocycles. The second kappa shape index (κ2) is 38.5. The molecule has 0 fully saturated rings. The van der Waals surface area contributed by atoms with Gasteiger partial charge in [-0.3, -0.25) is 9.59 Å². The molecule has 1 unspecified atom stereocenters. The molecule has 0 radical (unpaired) electrons. The first-order chi connectivity index (χ1) is 23.6. The molecule has 0 aromatic rings. The first kappa shape index (κ1) is 45.1. The number of unbranched alkanes of at least 4 members (excludes halogenated alkanes) is 8. The molecule has 0 heterocycles. The van der Waals surface area contributed by atoms with E-state index in [1.165, 1.54) is 25.7 Å². The Kier molecular flexibility index (Phi) is 36.2. The Morgan fingerprint density at radius 1 is 0.479 bits per heavy atom. The SMILES string of the molecule is CC/C=C\C/C=C\C/C=C\C/C=C\CCC(=O)OCC(COCCCCCC/C=C\C/C=C\C/C=C\CC)OC(=O)CCCCCCC. The summed E-state index contributed by atoms with van der Waals surface area (Å²) in [4.78, 5) is 24.8. The monoisotopic (exact) mass is 667 g/mol. The van der Waals surface area contributed by atoms with Gasteiger partial charge < -0.3 is 14.2 Å². The summed E-state index contributed by atoms with van der Waals surface area (Å²) >= 11 is 0. The van der Waals surface area contributed by atoms with Gasteiger partial charge in [0.15, 0.2) is 6.10 Å². The van der Waals surface area contributed by atoms with E-state index in [0.29, 0.717) is 25.9 Å². The molecule has 0 aliphatic rings. The maximum atomic E-state index is 12.5. The summed E-state index contributed by atoms with van der Waals surface area (Å²) in [5.41, 5.74) is 0. The average Bonchev–Trinajstić information content (AvgIpc) is 3.08. The van der Waals surface area contributed by atoms with Crippen LogP contribution in [0.1, 0.15) is 149 Å². The van der Waals surface area contributed by atoms with Gasteiger partial charge in [0.05, 0.1) is 6.61 Å². The molecule has 0 amide bonds. The molecule has 0 rings (SSSR count). The van der Waals surface area contributed by atoms with E-state index in [0.717, 1.165) is 83.5 Å². The van der Waals surface area contributed by atoms with Gasteiger partial charge in [0.25, 0.3) is 0 Å². The second-order valence-electron chi connectivity index (χ2n) is 12.1. The molecule has 48 heavy (non-hydrogen) atoms. The Morgan fingerprint density at radius 3 is 1.56 bits per heavy atom. The predicted molar refractivity (Wildman–Crippen MR) is 205 cm³/mol. The first-order valence-electron chi connectivity index (χ1n) is 19.1. The number of esters is 2. The molecule has 5 heteroatoms. The Labute approximate surface area is 295 Å². The highest BCUT2D eigenvalue weighted by Gasteiger charge is 2.17. The van der Waals surface area contributed by atoms with Gasteiger partial charge in [-0.1, -0.05) is 144 Å². The van der Waals surface area contributed by atoms with Crippen molar-refractivity contribution in [3.63, 3.8) is 0 Å². The van der Waals surface area contributed by atoms with Crippen molar-refractivity contribution < 1.29 is 23.8 Å². The van der Waals surface area contributed by atoms with Crippen LogP contribution in [0.4, 0.5) is 0 Å². The number of carbonyl (C=O) groups is 2. The van der Waals surface area contributed by atoms with Crippen LogP contribution in [0.25, 0.3) is 0 Å². The number of rotatable bonds is 33. The lowest BCUT2D eigenvalue weighted by molar-refractivity contribution is -0.162. The van der Waals surface area contributed by atoms with Crippen LogP contribution in [-0.2, 0) is 23.8 Å². The lowest BCUT2D eigenvalue weighted by Crippen LogP contribution is -2.30. The molecule has 0 aliphatic carbocycles. The number of carbonyl (C=O) groups excluding carboxylic acids is 2. The smallest absolute Gasteiger partial charge is 0.306 e. The van der Waals surface area contributed by atoms with E-state index in [-0.39, 0.29) is 25.2 Å². The fourth-order valence-electron chi connectivity index (χ4n) is 4.65. The van der Waals surface area contributed by atoms with Crippen molar-refractivity contribution in [3.8, 4) is 0 Å². The van der Waals surface area contributed by atoms with Crippen molar-refractivity contribution in [1.82, 2.24) is 0 Å². The van der Waals surface area contributed by atoms with E-state index in [1.807, 2.05) is 6.08 Å². The average molecular weight is 667 g/mol. The van der Waals surface area contributed by atoms with Crippen LogP contribution in [0.15, 0.2) is 85.1 Å². The zero-order chi connectivity index (χ0) is 35.0. The minimum absolute atomic E-state index is 0.0333. The van der Waals surface area contributed by atoms with E-state index < -0.39 is 6.10 Å². The molecule has 0 aromatic heterocycles. The van der Waals surface area contributed by atoms with Gasteiger partial charge in [0.2, 0.25) is 0 Å². The largest absolute Gasteiger partial charge is 0.462 e. The number of hydrogen-bond donors (Lipinski definition) is 0. The minimum atomic E-state index is -0.573. The number of ether oxygens (including phenoxy) is 3. The molecular formula is C43H70O5. The Hall–Kier alpha value is -2.92. The van der Waals surface area contributed by atoms with Gasteiger partial charge in [-0.05, 0) is 77.0 Å².